The van der Waals surface area contributed by atoms with Crippen LogP contribution in [0.15, 0.2) is 48.6 Å². The van der Waals surface area contributed by atoms with E-state index in [0.29, 0.717) is 4.65 Å². The Morgan fingerprint density at radius 3 is 1.44 bits per heavy atom. The van der Waals surface area contributed by atoms with Crippen LogP contribution in [0.5, 0.6) is 0 Å². The van der Waals surface area contributed by atoms with Crippen molar-refractivity contribution in [2.24, 2.45) is 0 Å². The fraction of sp³-hybridized carbons (Fsp3) is 0.818. The largest absolute Gasteiger partial charge is 0.326 e. The first-order chi connectivity index (χ1) is 23.7. The molecule has 4 heteroatoms. The van der Waals surface area contributed by atoms with Gasteiger partial charge in [-0.05, 0) is 90.5 Å². The van der Waals surface area contributed by atoms with Gasteiger partial charge in [0.1, 0.15) is 19.7 Å². The first-order valence-electron chi connectivity index (χ1n) is 21.1. The third kappa shape index (κ3) is 25.7. The normalized spacial score (nSPS) is 19.3. The molecule has 1 aliphatic heterocycles. The van der Waals surface area contributed by atoms with Gasteiger partial charge in [-0.3, -0.25) is 4.90 Å². The highest BCUT2D eigenvalue weighted by Gasteiger charge is 2.43. The van der Waals surface area contributed by atoms with Gasteiger partial charge < -0.3 is 4.74 Å². The molecule has 2 atom stereocenters. The van der Waals surface area contributed by atoms with E-state index in [1.807, 2.05) is 0 Å². The number of hydroxylamine groups is 3. The standard InChI is InChI=1S/C44H83N2O2/c1-5-8-10-12-14-16-18-20-22-24-26-28-30-32-34-36-41-47-44-43-45(4)38-40-46(44,39-7-3)48-42-37-35-33-31-29-27-25-23-21-19-17-15-13-11-9-6-2/h14-17,20-23,44H,5-13,18-19,24-43H2,1-4H3/q+1. The zero-order chi connectivity index (χ0) is 34.6. The van der Waals surface area contributed by atoms with Gasteiger partial charge in [0.2, 0.25) is 6.23 Å². The lowest BCUT2D eigenvalue weighted by Gasteiger charge is -2.46. The number of piperazine rings is 1. The van der Waals surface area contributed by atoms with E-state index in [9.17, 15) is 0 Å². The zero-order valence-corrected chi connectivity index (χ0v) is 32.8. The molecule has 1 saturated heterocycles. The van der Waals surface area contributed by atoms with Gasteiger partial charge in [-0.2, -0.15) is 4.65 Å². The summed E-state index contributed by atoms with van der Waals surface area (Å²) in [6.07, 6.45) is 50.9. The summed E-state index contributed by atoms with van der Waals surface area (Å²) in [5.41, 5.74) is 0. The Bertz CT molecular complexity index is 791. The third-order valence-corrected chi connectivity index (χ3v) is 9.80. The molecular formula is C44H83N2O2+. The smallest absolute Gasteiger partial charge is 0.236 e. The van der Waals surface area contributed by atoms with Gasteiger partial charge in [0.25, 0.3) is 0 Å². The molecule has 0 aromatic rings. The van der Waals surface area contributed by atoms with E-state index < -0.39 is 0 Å². The van der Waals surface area contributed by atoms with Crippen molar-refractivity contribution in [2.45, 2.75) is 188 Å². The molecular weight excluding hydrogens is 588 g/mol. The molecule has 0 aliphatic carbocycles. The Labute approximate surface area is 301 Å². The van der Waals surface area contributed by atoms with Crippen molar-refractivity contribution in [1.82, 2.24) is 4.90 Å². The van der Waals surface area contributed by atoms with Crippen LogP contribution in [0.1, 0.15) is 181 Å². The average Bonchev–Trinajstić information content (AvgIpc) is 3.09. The van der Waals surface area contributed by atoms with Gasteiger partial charge in [0.05, 0.1) is 19.7 Å². The molecule has 1 fully saturated rings. The van der Waals surface area contributed by atoms with Crippen LogP contribution in [0.4, 0.5) is 0 Å². The van der Waals surface area contributed by atoms with Crippen molar-refractivity contribution >= 4 is 0 Å². The van der Waals surface area contributed by atoms with E-state index in [0.717, 1.165) is 58.7 Å². The molecule has 48 heavy (non-hydrogen) atoms. The second-order valence-corrected chi connectivity index (χ2v) is 14.5. The summed E-state index contributed by atoms with van der Waals surface area (Å²) in [4.78, 5) is 9.17. The fourth-order valence-corrected chi connectivity index (χ4v) is 6.67. The SMILES string of the molecule is CCCCCC=CCC=CCCCCCCCCOC1CN(C)CC[N+]1(CCC)OCCCCCCCCC=CCC=CCCCCC. The van der Waals surface area contributed by atoms with Gasteiger partial charge in [-0.25, -0.2) is 4.84 Å². The minimum atomic E-state index is 0.145. The minimum absolute atomic E-state index is 0.145. The summed E-state index contributed by atoms with van der Waals surface area (Å²) in [5.74, 6) is 0. The lowest BCUT2D eigenvalue weighted by Crippen LogP contribution is -2.66. The maximum atomic E-state index is 6.74. The molecule has 4 nitrogen and oxygen atoms in total. The molecule has 1 rings (SSSR count). The van der Waals surface area contributed by atoms with Crippen molar-refractivity contribution in [3.63, 3.8) is 0 Å². The van der Waals surface area contributed by atoms with Crippen LogP contribution in [0.2, 0.25) is 0 Å². The molecule has 0 spiro atoms. The van der Waals surface area contributed by atoms with Crippen LogP contribution < -0.4 is 0 Å². The number of hydrogen-bond donors (Lipinski definition) is 0. The highest BCUT2D eigenvalue weighted by Crippen LogP contribution is 2.24. The summed E-state index contributed by atoms with van der Waals surface area (Å²) < 4.78 is 7.32. The molecule has 0 bridgehead atoms. The average molecular weight is 672 g/mol. The fourth-order valence-electron chi connectivity index (χ4n) is 6.67. The summed E-state index contributed by atoms with van der Waals surface area (Å²) in [5, 5.41) is 0. The summed E-state index contributed by atoms with van der Waals surface area (Å²) in [6.45, 7) is 12.7. The van der Waals surface area contributed by atoms with E-state index in [-0.39, 0.29) is 6.23 Å². The number of rotatable bonds is 34. The van der Waals surface area contributed by atoms with Crippen LogP contribution in [-0.4, -0.2) is 62.2 Å². The first kappa shape index (κ1) is 44.8. The second-order valence-electron chi connectivity index (χ2n) is 14.5. The molecule has 0 N–H and O–H groups in total. The number of quaternary nitrogens is 1. The summed E-state index contributed by atoms with van der Waals surface area (Å²) >= 11 is 0. The van der Waals surface area contributed by atoms with Crippen molar-refractivity contribution in [3.8, 4) is 0 Å². The summed E-state index contributed by atoms with van der Waals surface area (Å²) in [6, 6.07) is 0. The second kappa shape index (κ2) is 34.3. The van der Waals surface area contributed by atoms with Gasteiger partial charge in [0, 0.05) is 0 Å². The quantitative estimate of drug-likeness (QED) is 0.0386. The third-order valence-electron chi connectivity index (χ3n) is 9.80. The van der Waals surface area contributed by atoms with Gasteiger partial charge in [-0.15, -0.1) is 0 Å². The number of unbranched alkanes of at least 4 members (excludes halogenated alkanes) is 18. The van der Waals surface area contributed by atoms with Crippen LogP contribution in [-0.2, 0) is 9.57 Å². The van der Waals surface area contributed by atoms with Crippen LogP contribution in [0, 0.1) is 0 Å². The molecule has 0 aromatic heterocycles. The maximum absolute atomic E-state index is 6.74. The van der Waals surface area contributed by atoms with Crippen LogP contribution in [0.3, 0.4) is 0 Å². The molecule has 0 amide bonds. The van der Waals surface area contributed by atoms with E-state index in [4.69, 9.17) is 9.57 Å². The molecule has 0 aromatic carbocycles. The highest BCUT2D eigenvalue weighted by atomic mass is 16.7. The van der Waals surface area contributed by atoms with Crippen molar-refractivity contribution < 1.29 is 14.2 Å². The zero-order valence-electron chi connectivity index (χ0n) is 32.8. The van der Waals surface area contributed by atoms with E-state index in [2.05, 4.69) is 81.3 Å². The van der Waals surface area contributed by atoms with Crippen molar-refractivity contribution in [1.29, 1.82) is 0 Å². The Kier molecular flexibility index (Phi) is 32.0. The molecule has 1 aliphatic rings. The predicted molar refractivity (Wildman–Crippen MR) is 212 cm³/mol. The monoisotopic (exact) mass is 672 g/mol. The Morgan fingerprint density at radius 2 is 0.958 bits per heavy atom. The van der Waals surface area contributed by atoms with Crippen LogP contribution in [0.25, 0.3) is 0 Å². The Morgan fingerprint density at radius 1 is 0.521 bits per heavy atom. The van der Waals surface area contributed by atoms with E-state index in [1.54, 1.807) is 0 Å². The number of nitrogens with zero attached hydrogens (tertiary/aromatic N) is 2. The molecule has 1 heterocycles. The topological polar surface area (TPSA) is 21.7 Å². The molecule has 0 saturated carbocycles. The minimum Gasteiger partial charge on any atom is -0.326 e. The van der Waals surface area contributed by atoms with Gasteiger partial charge in [-0.1, -0.05) is 146 Å². The predicted octanol–water partition coefficient (Wildman–Crippen LogP) is 13.1. The van der Waals surface area contributed by atoms with E-state index >= 15 is 0 Å². The lowest BCUT2D eigenvalue weighted by molar-refractivity contribution is -1.14. The number of likely N-dealkylation sites (N-methyl/N-ethyl adjacent to an activating group) is 1. The van der Waals surface area contributed by atoms with Crippen molar-refractivity contribution in [2.75, 3.05) is 46.4 Å². The van der Waals surface area contributed by atoms with Gasteiger partial charge >= 0.3 is 0 Å². The van der Waals surface area contributed by atoms with Crippen LogP contribution >= 0.6 is 0 Å². The number of allylic oxidation sites excluding steroid dienone is 8. The van der Waals surface area contributed by atoms with Gasteiger partial charge in [0.15, 0.2) is 0 Å². The molecule has 2 unspecified atom stereocenters. The molecule has 0 radical (unpaired) electrons. The lowest BCUT2D eigenvalue weighted by atomic mass is 10.1. The Balaban J connectivity index is 2.14. The number of ether oxygens (including phenoxy) is 1. The Hall–Kier alpha value is -1.20. The van der Waals surface area contributed by atoms with E-state index in [1.165, 1.54) is 141 Å². The summed E-state index contributed by atoms with van der Waals surface area (Å²) in [7, 11) is 2.24. The van der Waals surface area contributed by atoms with Crippen molar-refractivity contribution in [3.05, 3.63) is 48.6 Å². The number of hydrogen-bond acceptors (Lipinski definition) is 3. The maximum Gasteiger partial charge on any atom is 0.236 e. The first-order valence-corrected chi connectivity index (χ1v) is 21.1. The highest BCUT2D eigenvalue weighted by molar-refractivity contribution is 4.93. The molecule has 280 valence electrons.